The molecule has 0 spiro atoms. The fourth-order valence-corrected chi connectivity index (χ4v) is 5.41. The summed E-state index contributed by atoms with van der Waals surface area (Å²) in [5.41, 5.74) is 4.03. The summed E-state index contributed by atoms with van der Waals surface area (Å²) >= 11 is 0. The summed E-state index contributed by atoms with van der Waals surface area (Å²) in [6, 6.07) is 12.8. The first-order chi connectivity index (χ1) is 17.9. The summed E-state index contributed by atoms with van der Waals surface area (Å²) in [5, 5.41) is 2.32. The Morgan fingerprint density at radius 1 is 1.03 bits per heavy atom. The van der Waals surface area contributed by atoms with Crippen LogP contribution in [-0.4, -0.2) is 59.9 Å². The number of methoxy groups -OCH3 is 1. The number of ether oxygens (including phenoxy) is 1. The molecule has 0 aliphatic carbocycles. The van der Waals surface area contributed by atoms with Gasteiger partial charge in [0.1, 0.15) is 6.04 Å². The first kappa shape index (κ1) is 25.0. The summed E-state index contributed by atoms with van der Waals surface area (Å²) in [5.74, 6) is -0.980. The van der Waals surface area contributed by atoms with E-state index < -0.39 is 18.0 Å². The summed E-state index contributed by atoms with van der Waals surface area (Å²) < 4.78 is 5.05. The molecule has 0 saturated carbocycles. The van der Waals surface area contributed by atoms with Gasteiger partial charge in [0.05, 0.1) is 13.7 Å². The van der Waals surface area contributed by atoms with Crippen molar-refractivity contribution >= 4 is 29.5 Å². The summed E-state index contributed by atoms with van der Waals surface area (Å²) in [6.45, 7) is 3.69. The van der Waals surface area contributed by atoms with Crippen molar-refractivity contribution in [2.45, 2.75) is 57.8 Å². The van der Waals surface area contributed by atoms with Gasteiger partial charge in [-0.2, -0.15) is 0 Å². The normalized spacial score (nSPS) is 20.0. The Kier molecular flexibility index (Phi) is 7.23. The first-order valence-electron chi connectivity index (χ1n) is 12.9. The van der Waals surface area contributed by atoms with Crippen LogP contribution in [0.2, 0.25) is 0 Å². The van der Waals surface area contributed by atoms with E-state index in [0.717, 1.165) is 30.8 Å². The fraction of sp³-hybridized carbons (Fsp3) is 0.429. The number of likely N-dealkylation sites (tertiary alicyclic amines) is 1. The molecule has 2 saturated heterocycles. The highest BCUT2D eigenvalue weighted by atomic mass is 16.5. The van der Waals surface area contributed by atoms with Gasteiger partial charge >= 0.3 is 6.09 Å². The van der Waals surface area contributed by atoms with Gasteiger partial charge in [0.2, 0.25) is 11.8 Å². The van der Waals surface area contributed by atoms with Crippen LogP contribution in [0.4, 0.5) is 10.5 Å². The van der Waals surface area contributed by atoms with Crippen LogP contribution in [-0.2, 0) is 34.0 Å². The third-order valence-electron chi connectivity index (χ3n) is 7.43. The minimum atomic E-state index is -0.656. The first-order valence-corrected chi connectivity index (χ1v) is 12.9. The van der Waals surface area contributed by atoms with Crippen molar-refractivity contribution in [2.75, 3.05) is 25.1 Å². The van der Waals surface area contributed by atoms with Gasteiger partial charge in [-0.3, -0.25) is 29.5 Å². The summed E-state index contributed by atoms with van der Waals surface area (Å²) in [7, 11) is 1.35. The number of nitrogens with zero attached hydrogens (tertiary/aromatic N) is 3. The molecule has 1 unspecified atom stereocenters. The molecule has 9 nitrogen and oxygen atoms in total. The topological polar surface area (TPSA) is 99.3 Å². The molecule has 2 aromatic rings. The number of hydrogen-bond acceptors (Lipinski definition) is 6. The van der Waals surface area contributed by atoms with Gasteiger partial charge in [-0.05, 0) is 67.2 Å². The monoisotopic (exact) mass is 504 g/mol. The molecule has 194 valence electrons. The quantitative estimate of drug-likeness (QED) is 0.607. The fourth-order valence-electron chi connectivity index (χ4n) is 5.41. The second-order valence-corrected chi connectivity index (χ2v) is 9.95. The van der Waals surface area contributed by atoms with Crippen molar-refractivity contribution in [3.05, 3.63) is 64.7 Å². The van der Waals surface area contributed by atoms with E-state index in [0.29, 0.717) is 24.2 Å². The van der Waals surface area contributed by atoms with Crippen LogP contribution in [0.15, 0.2) is 42.5 Å². The molecule has 2 fully saturated rings. The number of hydrogen-bond donors (Lipinski definition) is 1. The Labute approximate surface area is 216 Å². The highest BCUT2D eigenvalue weighted by Crippen LogP contribution is 2.29. The van der Waals surface area contributed by atoms with Gasteiger partial charge in [-0.25, -0.2) is 4.79 Å². The molecule has 4 amide bonds. The molecule has 3 heterocycles. The van der Waals surface area contributed by atoms with Crippen LogP contribution in [0.1, 0.15) is 59.2 Å². The maximum atomic E-state index is 13.2. The zero-order chi connectivity index (χ0) is 25.9. The third-order valence-corrected chi connectivity index (χ3v) is 7.43. The predicted octanol–water partition coefficient (Wildman–Crippen LogP) is 3.21. The van der Waals surface area contributed by atoms with Crippen LogP contribution in [0.3, 0.4) is 0 Å². The van der Waals surface area contributed by atoms with Crippen molar-refractivity contribution in [3.63, 3.8) is 0 Å². The average molecular weight is 505 g/mol. The largest absolute Gasteiger partial charge is 0.452 e. The molecule has 0 aromatic heterocycles. The lowest BCUT2D eigenvalue weighted by molar-refractivity contribution is -0.136. The Hall–Kier alpha value is -3.72. The van der Waals surface area contributed by atoms with E-state index in [2.05, 4.69) is 10.2 Å². The lowest BCUT2D eigenvalue weighted by Crippen LogP contribution is -2.52. The standard InChI is InChI=1S/C28H32N4O5/c1-37-28(36)31(22-9-6-19(7-10-22)16-30-13-3-2-4-14-30)17-20-5-8-21-18-32(27(35)23(21)15-20)24-11-12-25(33)29-26(24)34/h5-10,15,24H,2-4,11-14,16-18H2,1H3,(H,29,33,34). The summed E-state index contributed by atoms with van der Waals surface area (Å²) in [4.78, 5) is 55.2. The van der Waals surface area contributed by atoms with E-state index in [1.54, 1.807) is 11.0 Å². The number of carbonyl (C=O) groups is 4. The number of benzene rings is 2. The number of piperidine rings is 2. The van der Waals surface area contributed by atoms with Gasteiger partial charge in [0, 0.05) is 30.8 Å². The molecule has 0 bridgehead atoms. The maximum absolute atomic E-state index is 13.2. The minimum Gasteiger partial charge on any atom is -0.452 e. The second kappa shape index (κ2) is 10.7. The number of anilines is 1. The third kappa shape index (κ3) is 5.36. The molecule has 3 aliphatic heterocycles. The minimum absolute atomic E-state index is 0.215. The zero-order valence-electron chi connectivity index (χ0n) is 21.1. The lowest BCUT2D eigenvalue weighted by Gasteiger charge is -2.29. The molecular weight excluding hydrogens is 472 g/mol. The number of fused-ring (bicyclic) bond motifs is 1. The smallest absolute Gasteiger partial charge is 0.414 e. The van der Waals surface area contributed by atoms with Crippen molar-refractivity contribution < 1.29 is 23.9 Å². The Morgan fingerprint density at radius 3 is 2.46 bits per heavy atom. The highest BCUT2D eigenvalue weighted by Gasteiger charge is 2.39. The molecule has 9 heteroatoms. The Bertz CT molecular complexity index is 1210. The number of imide groups is 1. The van der Waals surface area contributed by atoms with E-state index in [-0.39, 0.29) is 24.8 Å². The van der Waals surface area contributed by atoms with Gasteiger partial charge in [-0.1, -0.05) is 30.7 Å². The molecule has 1 N–H and O–H groups in total. The van der Waals surface area contributed by atoms with Crippen molar-refractivity contribution in [1.29, 1.82) is 0 Å². The maximum Gasteiger partial charge on any atom is 0.414 e. The van der Waals surface area contributed by atoms with Gasteiger partial charge in [0.25, 0.3) is 5.91 Å². The highest BCUT2D eigenvalue weighted by molar-refractivity contribution is 6.05. The van der Waals surface area contributed by atoms with Crippen LogP contribution >= 0.6 is 0 Å². The van der Waals surface area contributed by atoms with E-state index in [1.165, 1.54) is 36.8 Å². The molecular formula is C28H32N4O5. The second-order valence-electron chi connectivity index (χ2n) is 9.95. The van der Waals surface area contributed by atoms with E-state index in [9.17, 15) is 19.2 Å². The van der Waals surface area contributed by atoms with Crippen molar-refractivity contribution in [3.8, 4) is 0 Å². The zero-order valence-corrected chi connectivity index (χ0v) is 21.1. The number of carbonyl (C=O) groups excluding carboxylic acids is 4. The van der Waals surface area contributed by atoms with Crippen LogP contribution in [0.5, 0.6) is 0 Å². The molecule has 37 heavy (non-hydrogen) atoms. The van der Waals surface area contributed by atoms with E-state index in [4.69, 9.17) is 4.74 Å². The van der Waals surface area contributed by atoms with Crippen LogP contribution < -0.4 is 10.2 Å². The van der Waals surface area contributed by atoms with Gasteiger partial charge in [0.15, 0.2) is 0 Å². The van der Waals surface area contributed by atoms with E-state index in [1.807, 2.05) is 36.4 Å². The molecule has 3 aliphatic rings. The average Bonchev–Trinajstić information content (AvgIpc) is 3.23. The lowest BCUT2D eigenvalue weighted by atomic mass is 10.0. The number of amides is 4. The van der Waals surface area contributed by atoms with Crippen molar-refractivity contribution in [2.24, 2.45) is 0 Å². The Morgan fingerprint density at radius 2 is 1.76 bits per heavy atom. The number of nitrogens with one attached hydrogen (secondary N) is 1. The molecule has 2 aromatic carbocycles. The van der Waals surface area contributed by atoms with Crippen LogP contribution in [0, 0.1) is 0 Å². The van der Waals surface area contributed by atoms with E-state index >= 15 is 0 Å². The predicted molar refractivity (Wildman–Crippen MR) is 137 cm³/mol. The SMILES string of the molecule is COC(=O)N(Cc1ccc2c(c1)C(=O)N(C1CCC(=O)NC1=O)C2)c1ccc(CN2CCCCC2)cc1. The molecule has 0 radical (unpaired) electrons. The molecule has 5 rings (SSSR count). The van der Waals surface area contributed by atoms with Gasteiger partial charge < -0.3 is 9.64 Å². The molecule has 1 atom stereocenters. The summed E-state index contributed by atoms with van der Waals surface area (Å²) in [6.07, 6.45) is 3.83. The Balaban J connectivity index is 1.30. The van der Waals surface area contributed by atoms with Crippen molar-refractivity contribution in [1.82, 2.24) is 15.1 Å². The number of rotatable bonds is 6. The van der Waals surface area contributed by atoms with Crippen LogP contribution in [0.25, 0.3) is 0 Å². The van der Waals surface area contributed by atoms with Gasteiger partial charge in [-0.15, -0.1) is 0 Å².